The predicted octanol–water partition coefficient (Wildman–Crippen LogP) is 1.77. The van der Waals surface area contributed by atoms with Gasteiger partial charge in [0, 0.05) is 12.3 Å². The van der Waals surface area contributed by atoms with Crippen LogP contribution in [0.1, 0.15) is 50.0 Å². The summed E-state index contributed by atoms with van der Waals surface area (Å²) in [6.07, 6.45) is 3.68. The van der Waals surface area contributed by atoms with Crippen molar-refractivity contribution in [3.05, 3.63) is 11.1 Å². The van der Waals surface area contributed by atoms with Crippen molar-refractivity contribution in [3.63, 3.8) is 0 Å². The minimum absolute atomic E-state index is 0.0637. The zero-order valence-corrected chi connectivity index (χ0v) is 13.1. The molecule has 0 radical (unpaired) electrons. The summed E-state index contributed by atoms with van der Waals surface area (Å²) in [5.74, 6) is -0.0354. The zero-order chi connectivity index (χ0) is 15.5. The van der Waals surface area contributed by atoms with Gasteiger partial charge < -0.3 is 15.7 Å². The average Bonchev–Trinajstić information content (AvgIpc) is 2.86. The van der Waals surface area contributed by atoms with Crippen LogP contribution in [-0.4, -0.2) is 34.1 Å². The van der Waals surface area contributed by atoms with E-state index in [0.717, 1.165) is 25.7 Å². The fourth-order valence-electron chi connectivity index (χ4n) is 2.85. The molecule has 2 amide bonds. The molecule has 1 aromatic heterocycles. The number of hydrogen-bond acceptors (Lipinski definition) is 5. The third kappa shape index (κ3) is 4.01. The monoisotopic (exact) mass is 311 g/mol. The summed E-state index contributed by atoms with van der Waals surface area (Å²) in [6, 6.07) is 0. The highest BCUT2D eigenvalue weighted by atomic mass is 32.1. The Hall–Kier alpha value is -1.47. The van der Waals surface area contributed by atoms with Crippen molar-refractivity contribution >= 4 is 28.3 Å². The van der Waals surface area contributed by atoms with E-state index in [0.29, 0.717) is 11.0 Å². The van der Waals surface area contributed by atoms with Crippen LogP contribution in [0.3, 0.4) is 0 Å². The zero-order valence-electron chi connectivity index (χ0n) is 12.3. The molecule has 1 aliphatic carbocycles. The Bertz CT molecular complexity index is 531. The van der Waals surface area contributed by atoms with Crippen molar-refractivity contribution < 1.29 is 14.7 Å². The van der Waals surface area contributed by atoms with E-state index in [1.165, 1.54) is 18.3 Å². The smallest absolute Gasteiger partial charge is 0.271 e. The third-order valence-electron chi connectivity index (χ3n) is 3.79. The van der Waals surface area contributed by atoms with Crippen molar-refractivity contribution in [1.29, 1.82) is 0 Å². The molecule has 21 heavy (non-hydrogen) atoms. The summed E-state index contributed by atoms with van der Waals surface area (Å²) < 4.78 is 0. The first kappa shape index (κ1) is 15.9. The Morgan fingerprint density at radius 3 is 2.95 bits per heavy atom. The van der Waals surface area contributed by atoms with Gasteiger partial charge in [0.15, 0.2) is 5.13 Å². The molecule has 7 heteroatoms. The molecule has 2 unspecified atom stereocenters. The number of aromatic nitrogens is 1. The van der Waals surface area contributed by atoms with Crippen LogP contribution in [0.4, 0.5) is 5.13 Å². The highest BCUT2D eigenvalue weighted by Gasteiger charge is 2.36. The number of thiazole rings is 1. The fraction of sp³-hybridized carbons (Fsp3) is 0.643. The second-order valence-electron chi connectivity index (χ2n) is 5.81. The number of hydrogen-bond donors (Lipinski definition) is 3. The van der Waals surface area contributed by atoms with Crippen LogP contribution in [0.15, 0.2) is 5.38 Å². The fourth-order valence-corrected chi connectivity index (χ4v) is 3.58. The molecule has 0 aliphatic heterocycles. The van der Waals surface area contributed by atoms with Crippen molar-refractivity contribution in [2.75, 3.05) is 11.9 Å². The molecule has 6 nitrogen and oxygen atoms in total. The van der Waals surface area contributed by atoms with Crippen molar-refractivity contribution in [2.24, 2.45) is 5.92 Å². The van der Waals surface area contributed by atoms with E-state index in [1.54, 1.807) is 5.38 Å². The third-order valence-corrected chi connectivity index (χ3v) is 4.55. The minimum Gasteiger partial charge on any atom is -0.394 e. The van der Waals surface area contributed by atoms with Gasteiger partial charge in [0.05, 0.1) is 12.1 Å². The lowest BCUT2D eigenvalue weighted by molar-refractivity contribution is -0.114. The summed E-state index contributed by atoms with van der Waals surface area (Å²) in [7, 11) is 0. The molecule has 0 saturated heterocycles. The van der Waals surface area contributed by atoms with Crippen LogP contribution in [-0.2, 0) is 4.79 Å². The molecule has 1 fully saturated rings. The maximum absolute atomic E-state index is 12.3. The average molecular weight is 311 g/mol. The summed E-state index contributed by atoms with van der Waals surface area (Å²) in [5, 5.41) is 17.2. The second-order valence-corrected chi connectivity index (χ2v) is 6.67. The summed E-state index contributed by atoms with van der Waals surface area (Å²) in [4.78, 5) is 27.3. The normalized spacial score (nSPS) is 25.4. The maximum Gasteiger partial charge on any atom is 0.271 e. The molecule has 0 aromatic carbocycles. The van der Waals surface area contributed by atoms with Crippen molar-refractivity contribution in [3.8, 4) is 0 Å². The lowest BCUT2D eigenvalue weighted by Crippen LogP contribution is -2.53. The van der Waals surface area contributed by atoms with Crippen LogP contribution in [0.2, 0.25) is 0 Å². The number of aliphatic hydroxyl groups is 1. The predicted molar refractivity (Wildman–Crippen MR) is 81.3 cm³/mol. The molecule has 2 atom stereocenters. The first-order valence-corrected chi connectivity index (χ1v) is 7.98. The van der Waals surface area contributed by atoms with Crippen molar-refractivity contribution in [1.82, 2.24) is 10.3 Å². The second kappa shape index (κ2) is 6.53. The highest BCUT2D eigenvalue weighted by molar-refractivity contribution is 7.14. The number of rotatable bonds is 4. The number of anilines is 1. The van der Waals surface area contributed by atoms with Crippen LogP contribution in [0.25, 0.3) is 0 Å². The maximum atomic E-state index is 12.3. The molecule has 0 bridgehead atoms. The Kier molecular flexibility index (Phi) is 4.95. The number of nitrogens with one attached hydrogen (secondary N) is 2. The summed E-state index contributed by atoms with van der Waals surface area (Å²) in [5.41, 5.74) is -0.276. The van der Waals surface area contributed by atoms with Crippen LogP contribution < -0.4 is 10.6 Å². The van der Waals surface area contributed by atoms with Gasteiger partial charge >= 0.3 is 0 Å². The van der Waals surface area contributed by atoms with E-state index in [9.17, 15) is 14.7 Å². The molecule has 1 saturated carbocycles. The van der Waals surface area contributed by atoms with Gasteiger partial charge in [-0.05, 0) is 18.8 Å². The Morgan fingerprint density at radius 1 is 1.57 bits per heavy atom. The number of nitrogens with zero attached hydrogens (tertiary/aromatic N) is 1. The number of aliphatic hydroxyl groups excluding tert-OH is 1. The van der Waals surface area contributed by atoms with Crippen LogP contribution in [0, 0.1) is 5.92 Å². The first-order valence-electron chi connectivity index (χ1n) is 7.10. The van der Waals surface area contributed by atoms with E-state index < -0.39 is 5.54 Å². The number of carbonyl (C=O) groups is 2. The molecule has 1 aromatic rings. The van der Waals surface area contributed by atoms with E-state index in [2.05, 4.69) is 22.5 Å². The molecule has 3 N–H and O–H groups in total. The summed E-state index contributed by atoms with van der Waals surface area (Å²) >= 11 is 1.21. The van der Waals surface area contributed by atoms with E-state index in [4.69, 9.17) is 0 Å². The molecule has 116 valence electrons. The van der Waals surface area contributed by atoms with Crippen LogP contribution in [0.5, 0.6) is 0 Å². The first-order chi connectivity index (χ1) is 9.94. The highest BCUT2D eigenvalue weighted by Crippen LogP contribution is 2.32. The van der Waals surface area contributed by atoms with Gasteiger partial charge in [-0.25, -0.2) is 4.98 Å². The number of carbonyl (C=O) groups excluding carboxylic acids is 2. The summed E-state index contributed by atoms with van der Waals surface area (Å²) in [6.45, 7) is 3.46. The SMILES string of the molecule is CC(=O)Nc1nc(C(=O)NC2(CO)CCCC(C)C2)cs1. The molecular weight excluding hydrogens is 290 g/mol. The van der Waals surface area contributed by atoms with Gasteiger partial charge in [-0.1, -0.05) is 19.8 Å². The molecule has 1 aliphatic rings. The van der Waals surface area contributed by atoms with E-state index in [1.807, 2.05) is 0 Å². The van der Waals surface area contributed by atoms with Gasteiger partial charge in [-0.3, -0.25) is 9.59 Å². The van der Waals surface area contributed by atoms with Gasteiger partial charge in [0.25, 0.3) is 5.91 Å². The van der Waals surface area contributed by atoms with E-state index in [-0.39, 0.29) is 24.1 Å². The minimum atomic E-state index is -0.549. The molecule has 2 rings (SSSR count). The Labute approximate surface area is 128 Å². The molecular formula is C14H21N3O3S. The molecule has 0 spiro atoms. The largest absolute Gasteiger partial charge is 0.394 e. The van der Waals surface area contributed by atoms with Gasteiger partial charge in [0.2, 0.25) is 5.91 Å². The van der Waals surface area contributed by atoms with Gasteiger partial charge in [-0.2, -0.15) is 0 Å². The lowest BCUT2D eigenvalue weighted by atomic mass is 9.77. The standard InChI is InChI=1S/C14H21N3O3S/c1-9-4-3-5-14(6-9,8-18)17-12(20)11-7-21-13(16-11)15-10(2)19/h7,9,18H,3-6,8H2,1-2H3,(H,17,20)(H,15,16,19). The Morgan fingerprint density at radius 2 is 2.33 bits per heavy atom. The van der Waals surface area contributed by atoms with E-state index >= 15 is 0 Å². The Balaban J connectivity index is 2.05. The molecule has 1 heterocycles. The van der Waals surface area contributed by atoms with Crippen LogP contribution >= 0.6 is 11.3 Å². The van der Waals surface area contributed by atoms with Crippen molar-refractivity contribution in [2.45, 2.75) is 45.1 Å². The number of amides is 2. The lowest BCUT2D eigenvalue weighted by Gasteiger charge is -2.39. The quantitative estimate of drug-likeness (QED) is 0.790. The van der Waals surface area contributed by atoms with Gasteiger partial charge in [0.1, 0.15) is 5.69 Å². The topological polar surface area (TPSA) is 91.3 Å². The van der Waals surface area contributed by atoms with Gasteiger partial charge in [-0.15, -0.1) is 11.3 Å².